The van der Waals surface area contributed by atoms with E-state index in [1.165, 1.54) is 0 Å². The molecule has 1 aliphatic rings. The molecule has 0 atom stereocenters. The number of hydrogen-bond acceptors (Lipinski definition) is 4. The van der Waals surface area contributed by atoms with Crippen LogP contribution in [0.25, 0.3) is 0 Å². The fourth-order valence-corrected chi connectivity index (χ4v) is 1.81. The number of rotatable bonds is 3. The molecular weight excluding hydrogens is 204 g/mol. The summed E-state index contributed by atoms with van der Waals surface area (Å²) in [4.78, 5) is 4.17. The molecule has 16 heavy (non-hydrogen) atoms. The fourth-order valence-electron chi connectivity index (χ4n) is 1.81. The number of hydrogen-bond donors (Lipinski definition) is 1. The van der Waals surface area contributed by atoms with E-state index < -0.39 is 0 Å². The van der Waals surface area contributed by atoms with Gasteiger partial charge in [-0.25, -0.2) is 4.98 Å². The quantitative estimate of drug-likeness (QED) is 0.847. The predicted molar refractivity (Wildman–Crippen MR) is 62.4 cm³/mol. The van der Waals surface area contributed by atoms with Gasteiger partial charge in [0.2, 0.25) is 0 Å². The van der Waals surface area contributed by atoms with E-state index in [0.29, 0.717) is 24.1 Å². The standard InChI is InChI=1S/C12H18N2O2/c1-9-2-3-11(12(13)14-9)16-8-10-4-6-15-7-5-10/h2-3,10H,4-8H2,1H3,(H2,13,14). The van der Waals surface area contributed by atoms with Gasteiger partial charge >= 0.3 is 0 Å². The molecule has 0 aliphatic carbocycles. The number of aryl methyl sites for hydroxylation is 1. The Balaban J connectivity index is 1.88. The highest BCUT2D eigenvalue weighted by atomic mass is 16.5. The zero-order valence-corrected chi connectivity index (χ0v) is 9.61. The molecule has 0 saturated carbocycles. The molecule has 2 heterocycles. The number of pyridine rings is 1. The molecule has 0 bridgehead atoms. The van der Waals surface area contributed by atoms with Crippen LogP contribution in [0, 0.1) is 12.8 Å². The Bertz CT molecular complexity index is 349. The van der Waals surface area contributed by atoms with Crippen molar-refractivity contribution in [1.29, 1.82) is 0 Å². The highest BCUT2D eigenvalue weighted by molar-refractivity contribution is 5.46. The molecule has 1 fully saturated rings. The van der Waals surface area contributed by atoms with Gasteiger partial charge in [-0.15, -0.1) is 0 Å². The number of nitrogen functional groups attached to an aromatic ring is 1. The van der Waals surface area contributed by atoms with Crippen molar-refractivity contribution >= 4 is 5.82 Å². The molecule has 0 unspecified atom stereocenters. The van der Waals surface area contributed by atoms with Crippen molar-refractivity contribution in [3.8, 4) is 5.75 Å². The minimum atomic E-state index is 0.479. The lowest BCUT2D eigenvalue weighted by Crippen LogP contribution is -2.21. The Morgan fingerprint density at radius 1 is 1.44 bits per heavy atom. The van der Waals surface area contributed by atoms with Crippen LogP contribution in [0.5, 0.6) is 5.75 Å². The molecule has 0 amide bonds. The maximum absolute atomic E-state index is 5.78. The molecule has 2 N–H and O–H groups in total. The highest BCUT2D eigenvalue weighted by Crippen LogP contribution is 2.21. The van der Waals surface area contributed by atoms with E-state index in [1.807, 2.05) is 19.1 Å². The first-order chi connectivity index (χ1) is 7.75. The monoisotopic (exact) mass is 222 g/mol. The number of anilines is 1. The van der Waals surface area contributed by atoms with E-state index >= 15 is 0 Å². The van der Waals surface area contributed by atoms with Crippen LogP contribution in [0.4, 0.5) is 5.82 Å². The summed E-state index contributed by atoms with van der Waals surface area (Å²) in [6, 6.07) is 3.80. The molecule has 88 valence electrons. The van der Waals surface area contributed by atoms with E-state index in [-0.39, 0.29) is 0 Å². The smallest absolute Gasteiger partial charge is 0.166 e. The van der Waals surface area contributed by atoms with Crippen molar-refractivity contribution in [2.45, 2.75) is 19.8 Å². The van der Waals surface area contributed by atoms with E-state index in [1.54, 1.807) is 0 Å². The summed E-state index contributed by atoms with van der Waals surface area (Å²) in [6.45, 7) is 4.31. The maximum Gasteiger partial charge on any atom is 0.166 e. The van der Waals surface area contributed by atoms with E-state index in [0.717, 1.165) is 31.7 Å². The Morgan fingerprint density at radius 2 is 2.19 bits per heavy atom. The average Bonchev–Trinajstić information content (AvgIpc) is 2.29. The van der Waals surface area contributed by atoms with Crippen molar-refractivity contribution in [3.05, 3.63) is 17.8 Å². The zero-order chi connectivity index (χ0) is 11.4. The van der Waals surface area contributed by atoms with Crippen LogP contribution < -0.4 is 10.5 Å². The lowest BCUT2D eigenvalue weighted by molar-refractivity contribution is 0.0498. The Labute approximate surface area is 95.8 Å². The van der Waals surface area contributed by atoms with Crippen LogP contribution in [0.15, 0.2) is 12.1 Å². The molecule has 2 rings (SSSR count). The normalized spacial score (nSPS) is 17.3. The average molecular weight is 222 g/mol. The largest absolute Gasteiger partial charge is 0.489 e. The SMILES string of the molecule is Cc1ccc(OCC2CCOCC2)c(N)n1. The van der Waals surface area contributed by atoms with E-state index in [4.69, 9.17) is 15.2 Å². The Hall–Kier alpha value is -1.29. The summed E-state index contributed by atoms with van der Waals surface area (Å²) in [7, 11) is 0. The molecule has 4 nitrogen and oxygen atoms in total. The van der Waals surface area contributed by atoms with Gasteiger partial charge in [-0.05, 0) is 37.8 Å². The fraction of sp³-hybridized carbons (Fsp3) is 0.583. The lowest BCUT2D eigenvalue weighted by atomic mass is 10.0. The summed E-state index contributed by atoms with van der Waals surface area (Å²) in [5, 5.41) is 0. The molecular formula is C12H18N2O2. The molecule has 1 aromatic heterocycles. The van der Waals surface area contributed by atoms with Crippen molar-refractivity contribution < 1.29 is 9.47 Å². The second kappa shape index (κ2) is 5.16. The van der Waals surface area contributed by atoms with Gasteiger partial charge in [0.25, 0.3) is 0 Å². The zero-order valence-electron chi connectivity index (χ0n) is 9.61. The second-order valence-corrected chi connectivity index (χ2v) is 4.20. The molecule has 4 heteroatoms. The van der Waals surface area contributed by atoms with Gasteiger partial charge in [0.15, 0.2) is 11.6 Å². The van der Waals surface area contributed by atoms with E-state index in [9.17, 15) is 0 Å². The van der Waals surface area contributed by atoms with Crippen LogP contribution in [0.1, 0.15) is 18.5 Å². The van der Waals surface area contributed by atoms with Gasteiger partial charge in [-0.2, -0.15) is 0 Å². The molecule has 0 aromatic carbocycles. The van der Waals surface area contributed by atoms with Gasteiger partial charge in [0.05, 0.1) is 6.61 Å². The van der Waals surface area contributed by atoms with Crippen LogP contribution in [-0.2, 0) is 4.74 Å². The molecule has 0 spiro atoms. The van der Waals surface area contributed by atoms with Crippen molar-refractivity contribution in [3.63, 3.8) is 0 Å². The van der Waals surface area contributed by atoms with Crippen LogP contribution in [0.2, 0.25) is 0 Å². The molecule has 1 aromatic rings. The number of nitrogens with two attached hydrogens (primary N) is 1. The van der Waals surface area contributed by atoms with Gasteiger partial charge in [-0.1, -0.05) is 0 Å². The molecule has 0 radical (unpaired) electrons. The summed E-state index contributed by atoms with van der Waals surface area (Å²) in [5.74, 6) is 1.75. The predicted octanol–water partition coefficient (Wildman–Crippen LogP) is 1.78. The van der Waals surface area contributed by atoms with Crippen molar-refractivity contribution in [1.82, 2.24) is 4.98 Å². The Kier molecular flexibility index (Phi) is 3.62. The van der Waals surface area contributed by atoms with Crippen molar-refractivity contribution in [2.75, 3.05) is 25.6 Å². The molecule has 1 aliphatic heterocycles. The summed E-state index contributed by atoms with van der Waals surface area (Å²) < 4.78 is 11.0. The summed E-state index contributed by atoms with van der Waals surface area (Å²) in [5.41, 5.74) is 6.69. The Morgan fingerprint density at radius 3 is 2.88 bits per heavy atom. The first-order valence-corrected chi connectivity index (χ1v) is 5.69. The first kappa shape index (κ1) is 11.2. The topological polar surface area (TPSA) is 57.4 Å². The number of ether oxygens (including phenoxy) is 2. The third-order valence-corrected chi connectivity index (χ3v) is 2.84. The third-order valence-electron chi connectivity index (χ3n) is 2.84. The third kappa shape index (κ3) is 2.85. The van der Waals surface area contributed by atoms with Crippen LogP contribution in [0.3, 0.4) is 0 Å². The summed E-state index contributed by atoms with van der Waals surface area (Å²) in [6.07, 6.45) is 2.14. The first-order valence-electron chi connectivity index (χ1n) is 5.69. The minimum Gasteiger partial charge on any atom is -0.489 e. The number of nitrogens with zero attached hydrogens (tertiary/aromatic N) is 1. The van der Waals surface area contributed by atoms with E-state index in [2.05, 4.69) is 4.98 Å². The molecule has 1 saturated heterocycles. The van der Waals surface area contributed by atoms with Crippen LogP contribution in [-0.4, -0.2) is 24.8 Å². The minimum absolute atomic E-state index is 0.479. The summed E-state index contributed by atoms with van der Waals surface area (Å²) >= 11 is 0. The van der Waals surface area contributed by atoms with Crippen LogP contribution >= 0.6 is 0 Å². The van der Waals surface area contributed by atoms with Gasteiger partial charge in [0.1, 0.15) is 0 Å². The van der Waals surface area contributed by atoms with Gasteiger partial charge in [-0.3, -0.25) is 0 Å². The van der Waals surface area contributed by atoms with Gasteiger partial charge in [0, 0.05) is 18.9 Å². The van der Waals surface area contributed by atoms with Crippen molar-refractivity contribution in [2.24, 2.45) is 5.92 Å². The van der Waals surface area contributed by atoms with Gasteiger partial charge < -0.3 is 15.2 Å². The number of aromatic nitrogens is 1. The highest BCUT2D eigenvalue weighted by Gasteiger charge is 2.15. The second-order valence-electron chi connectivity index (χ2n) is 4.20. The lowest BCUT2D eigenvalue weighted by Gasteiger charge is -2.22. The maximum atomic E-state index is 5.78.